The van der Waals surface area contributed by atoms with E-state index in [1.165, 1.54) is 12.1 Å². The molecule has 0 aliphatic rings. The van der Waals surface area contributed by atoms with Crippen LogP contribution in [0.2, 0.25) is 5.02 Å². The van der Waals surface area contributed by atoms with Gasteiger partial charge in [-0.15, -0.1) is 0 Å². The molecule has 0 amide bonds. The van der Waals surface area contributed by atoms with Crippen molar-refractivity contribution in [2.75, 3.05) is 6.61 Å². The second kappa shape index (κ2) is 4.66. The molecular formula is C8H9ClFN3O. The van der Waals surface area contributed by atoms with Crippen LogP contribution in [0.3, 0.4) is 0 Å². The molecule has 0 unspecified atom stereocenters. The molecule has 1 rings (SSSR count). The average Bonchev–Trinajstić information content (AvgIpc) is 2.16. The summed E-state index contributed by atoms with van der Waals surface area (Å²) in [5.41, 5.74) is 5.28. The zero-order valence-corrected chi connectivity index (χ0v) is 7.96. The number of rotatable bonds is 3. The van der Waals surface area contributed by atoms with Crippen LogP contribution in [-0.4, -0.2) is 12.4 Å². The van der Waals surface area contributed by atoms with E-state index in [1.807, 2.05) is 0 Å². The summed E-state index contributed by atoms with van der Waals surface area (Å²) in [6, 6.07) is 3.78. The summed E-state index contributed by atoms with van der Waals surface area (Å²) >= 11 is 5.68. The Morgan fingerprint density at radius 2 is 2.29 bits per heavy atom. The van der Waals surface area contributed by atoms with Crippen molar-refractivity contribution in [2.24, 2.45) is 16.7 Å². The van der Waals surface area contributed by atoms with E-state index >= 15 is 0 Å². The molecule has 14 heavy (non-hydrogen) atoms. The third-order valence-corrected chi connectivity index (χ3v) is 1.73. The Bertz CT molecular complexity index is 356. The molecular weight excluding hydrogens is 209 g/mol. The zero-order chi connectivity index (χ0) is 10.6. The van der Waals surface area contributed by atoms with Crippen molar-refractivity contribution in [3.63, 3.8) is 0 Å². The highest BCUT2D eigenvalue weighted by molar-refractivity contribution is 6.32. The number of hydrazone groups is 1. The Labute approximate surface area is 85.3 Å². The van der Waals surface area contributed by atoms with E-state index in [0.29, 0.717) is 5.75 Å². The Morgan fingerprint density at radius 1 is 1.57 bits per heavy atom. The van der Waals surface area contributed by atoms with Crippen molar-refractivity contribution in [1.82, 2.24) is 0 Å². The lowest BCUT2D eigenvalue weighted by Gasteiger charge is -2.06. The van der Waals surface area contributed by atoms with E-state index in [1.54, 1.807) is 0 Å². The van der Waals surface area contributed by atoms with Crippen molar-refractivity contribution in [3.8, 4) is 5.75 Å². The Balaban J connectivity index is 2.68. The Kier molecular flexibility index (Phi) is 3.53. The molecule has 0 bridgehead atoms. The molecule has 6 heteroatoms. The van der Waals surface area contributed by atoms with Gasteiger partial charge in [0, 0.05) is 0 Å². The minimum atomic E-state index is -0.428. The molecule has 0 saturated carbocycles. The summed E-state index contributed by atoms with van der Waals surface area (Å²) in [5.74, 6) is 4.92. The third kappa shape index (κ3) is 2.77. The van der Waals surface area contributed by atoms with Crippen LogP contribution in [0.15, 0.2) is 23.3 Å². The maximum Gasteiger partial charge on any atom is 0.157 e. The summed E-state index contributed by atoms with van der Waals surface area (Å²) in [6.07, 6.45) is 0. The first kappa shape index (κ1) is 10.6. The standard InChI is InChI=1S/C8H9ClFN3O/c9-6-3-5(10)1-2-7(6)14-4-8(11)13-12/h1-3H,4,12H2,(H2,11,13). The predicted molar refractivity (Wildman–Crippen MR) is 52.7 cm³/mol. The van der Waals surface area contributed by atoms with Crippen molar-refractivity contribution in [1.29, 1.82) is 0 Å². The van der Waals surface area contributed by atoms with Crippen LogP contribution < -0.4 is 16.3 Å². The van der Waals surface area contributed by atoms with Gasteiger partial charge >= 0.3 is 0 Å². The maximum absolute atomic E-state index is 12.6. The number of nitrogens with zero attached hydrogens (tertiary/aromatic N) is 1. The van der Waals surface area contributed by atoms with Crippen LogP contribution in [0.4, 0.5) is 4.39 Å². The highest BCUT2D eigenvalue weighted by Crippen LogP contribution is 2.24. The molecule has 76 valence electrons. The molecule has 0 atom stereocenters. The molecule has 0 radical (unpaired) electrons. The molecule has 0 heterocycles. The largest absolute Gasteiger partial charge is 0.484 e. The summed E-state index contributed by atoms with van der Waals surface area (Å²) in [4.78, 5) is 0. The van der Waals surface area contributed by atoms with Crippen molar-refractivity contribution in [3.05, 3.63) is 29.0 Å². The van der Waals surface area contributed by atoms with Crippen molar-refractivity contribution in [2.45, 2.75) is 0 Å². The van der Waals surface area contributed by atoms with E-state index in [9.17, 15) is 4.39 Å². The summed E-state index contributed by atoms with van der Waals surface area (Å²) < 4.78 is 17.7. The summed E-state index contributed by atoms with van der Waals surface area (Å²) in [6.45, 7) is 0.0157. The van der Waals surface area contributed by atoms with Crippen molar-refractivity contribution < 1.29 is 9.13 Å². The first-order chi connectivity index (χ1) is 6.63. The highest BCUT2D eigenvalue weighted by atomic mass is 35.5. The number of halogens is 2. The van der Waals surface area contributed by atoms with Gasteiger partial charge in [-0.1, -0.05) is 11.6 Å². The molecule has 0 aliphatic heterocycles. The SMILES string of the molecule is N/N=C(\N)COc1ccc(F)cc1Cl. The fraction of sp³-hybridized carbons (Fsp3) is 0.125. The van der Waals surface area contributed by atoms with Gasteiger partial charge in [-0.25, -0.2) is 4.39 Å². The molecule has 0 aromatic heterocycles. The lowest BCUT2D eigenvalue weighted by molar-refractivity contribution is 0.374. The molecule has 4 nitrogen and oxygen atoms in total. The van der Waals surface area contributed by atoms with Gasteiger partial charge in [0.25, 0.3) is 0 Å². The molecule has 0 fully saturated rings. The smallest absolute Gasteiger partial charge is 0.157 e. The minimum Gasteiger partial charge on any atom is -0.484 e. The van der Waals surface area contributed by atoms with Crippen LogP contribution in [0.1, 0.15) is 0 Å². The molecule has 1 aromatic rings. The molecule has 0 aliphatic carbocycles. The van der Waals surface area contributed by atoms with Crippen LogP contribution in [0, 0.1) is 5.82 Å². The highest BCUT2D eigenvalue weighted by Gasteiger charge is 2.03. The number of ether oxygens (including phenoxy) is 1. The van der Waals surface area contributed by atoms with E-state index in [-0.39, 0.29) is 17.5 Å². The monoisotopic (exact) mass is 217 g/mol. The minimum absolute atomic E-state index is 0.0157. The summed E-state index contributed by atoms with van der Waals surface area (Å²) in [5, 5.41) is 3.38. The van der Waals surface area contributed by atoms with Crippen LogP contribution in [0.5, 0.6) is 5.75 Å². The normalized spacial score (nSPS) is 11.4. The molecule has 0 spiro atoms. The van der Waals surface area contributed by atoms with Gasteiger partial charge in [0.1, 0.15) is 18.2 Å². The lowest BCUT2D eigenvalue weighted by Crippen LogP contribution is -2.22. The second-order valence-electron chi connectivity index (χ2n) is 2.48. The van der Waals surface area contributed by atoms with Gasteiger partial charge in [-0.2, -0.15) is 5.10 Å². The van der Waals surface area contributed by atoms with Crippen LogP contribution in [0.25, 0.3) is 0 Å². The van der Waals surface area contributed by atoms with Gasteiger partial charge < -0.3 is 16.3 Å². The van der Waals surface area contributed by atoms with E-state index in [4.69, 9.17) is 27.9 Å². The van der Waals surface area contributed by atoms with Crippen LogP contribution >= 0.6 is 11.6 Å². The molecule has 4 N–H and O–H groups in total. The number of hydrogen-bond donors (Lipinski definition) is 2. The van der Waals surface area contributed by atoms with Crippen LogP contribution in [-0.2, 0) is 0 Å². The predicted octanol–water partition coefficient (Wildman–Crippen LogP) is 1.09. The first-order valence-electron chi connectivity index (χ1n) is 3.73. The molecule has 0 saturated heterocycles. The first-order valence-corrected chi connectivity index (χ1v) is 4.11. The average molecular weight is 218 g/mol. The van der Waals surface area contributed by atoms with E-state index in [0.717, 1.165) is 6.07 Å². The number of hydrogen-bond acceptors (Lipinski definition) is 3. The fourth-order valence-corrected chi connectivity index (χ4v) is 1.00. The Hall–Kier alpha value is -1.49. The Morgan fingerprint density at radius 3 is 2.86 bits per heavy atom. The van der Waals surface area contributed by atoms with Gasteiger partial charge in [0.2, 0.25) is 0 Å². The van der Waals surface area contributed by atoms with Gasteiger partial charge in [0.15, 0.2) is 5.84 Å². The van der Waals surface area contributed by atoms with Crippen molar-refractivity contribution >= 4 is 17.4 Å². The maximum atomic E-state index is 12.6. The quantitative estimate of drug-likeness (QED) is 0.345. The topological polar surface area (TPSA) is 73.6 Å². The molecule has 1 aromatic carbocycles. The van der Waals surface area contributed by atoms with Gasteiger partial charge in [0.05, 0.1) is 5.02 Å². The number of benzene rings is 1. The van der Waals surface area contributed by atoms with E-state index in [2.05, 4.69) is 5.10 Å². The van der Waals surface area contributed by atoms with Gasteiger partial charge in [-0.05, 0) is 18.2 Å². The number of nitrogens with two attached hydrogens (primary N) is 2. The van der Waals surface area contributed by atoms with Gasteiger partial charge in [-0.3, -0.25) is 0 Å². The third-order valence-electron chi connectivity index (χ3n) is 1.44. The second-order valence-corrected chi connectivity index (χ2v) is 2.89. The number of amidine groups is 1. The fourth-order valence-electron chi connectivity index (χ4n) is 0.781. The van der Waals surface area contributed by atoms with E-state index < -0.39 is 5.82 Å². The zero-order valence-electron chi connectivity index (χ0n) is 7.21. The lowest BCUT2D eigenvalue weighted by atomic mass is 10.3. The summed E-state index contributed by atoms with van der Waals surface area (Å²) in [7, 11) is 0.